The largest absolute Gasteiger partial charge is 0.492 e. The summed E-state index contributed by atoms with van der Waals surface area (Å²) in [6.07, 6.45) is 2.79. The quantitative estimate of drug-likeness (QED) is 0.614. The molecule has 0 atom stereocenters. The van der Waals surface area contributed by atoms with Gasteiger partial charge in [0.25, 0.3) is 5.91 Å². The fourth-order valence-electron chi connectivity index (χ4n) is 3.74. The molecular weight excluding hydrogens is 402 g/mol. The topological polar surface area (TPSA) is 91.1 Å². The molecule has 0 aliphatic carbocycles. The van der Waals surface area contributed by atoms with Gasteiger partial charge >= 0.3 is 0 Å². The highest BCUT2D eigenvalue weighted by Gasteiger charge is 2.17. The van der Waals surface area contributed by atoms with Crippen LogP contribution in [0.3, 0.4) is 0 Å². The maximum atomic E-state index is 12.8. The van der Waals surface area contributed by atoms with Crippen molar-refractivity contribution >= 4 is 11.6 Å². The minimum atomic E-state index is -0.280. The molecule has 1 N–H and O–H groups in total. The van der Waals surface area contributed by atoms with Crippen molar-refractivity contribution in [3.63, 3.8) is 0 Å². The van der Waals surface area contributed by atoms with Gasteiger partial charge in [-0.05, 0) is 69.8 Å². The minimum Gasteiger partial charge on any atom is -0.492 e. The van der Waals surface area contributed by atoms with Crippen LogP contribution in [0.2, 0.25) is 0 Å². The summed E-state index contributed by atoms with van der Waals surface area (Å²) in [6, 6.07) is 14.3. The number of nitrogens with zero attached hydrogens (tertiary/aromatic N) is 4. The van der Waals surface area contributed by atoms with Crippen molar-refractivity contribution in [1.82, 2.24) is 14.9 Å². The molecule has 7 heteroatoms. The average molecular weight is 428 g/mol. The van der Waals surface area contributed by atoms with E-state index in [9.17, 15) is 4.79 Å². The number of carbonyl (C=O) groups excluding carboxylic acids is 1. The van der Waals surface area contributed by atoms with Gasteiger partial charge in [0.15, 0.2) is 0 Å². The van der Waals surface area contributed by atoms with Gasteiger partial charge in [0.1, 0.15) is 18.7 Å². The van der Waals surface area contributed by atoms with Gasteiger partial charge in [-0.1, -0.05) is 6.07 Å². The number of likely N-dealkylation sites (tertiary alicyclic amines) is 1. The smallest absolute Gasteiger partial charge is 0.255 e. The molecule has 0 bridgehead atoms. The number of benzene rings is 2. The van der Waals surface area contributed by atoms with E-state index in [1.54, 1.807) is 30.6 Å². The fraction of sp³-hybridized carbons (Fsp3) is 0.280. The molecular formula is C25H25N5O2. The Morgan fingerprint density at radius 2 is 1.94 bits per heavy atom. The molecule has 1 aliphatic heterocycles. The normalized spacial score (nSPS) is 13.2. The van der Waals surface area contributed by atoms with Gasteiger partial charge in [0.2, 0.25) is 0 Å². The van der Waals surface area contributed by atoms with Crippen molar-refractivity contribution in [1.29, 1.82) is 5.26 Å². The third-order valence-corrected chi connectivity index (χ3v) is 5.60. The van der Waals surface area contributed by atoms with Crippen molar-refractivity contribution in [2.75, 3.05) is 31.6 Å². The maximum Gasteiger partial charge on any atom is 0.255 e. The second-order valence-electron chi connectivity index (χ2n) is 7.82. The first-order valence-electron chi connectivity index (χ1n) is 10.6. The number of rotatable bonds is 7. The van der Waals surface area contributed by atoms with Crippen molar-refractivity contribution in [2.45, 2.75) is 20.3 Å². The van der Waals surface area contributed by atoms with E-state index in [4.69, 9.17) is 10.00 Å². The molecule has 4 rings (SSSR count). The van der Waals surface area contributed by atoms with E-state index < -0.39 is 0 Å². The van der Waals surface area contributed by atoms with Crippen LogP contribution in [0.25, 0.3) is 11.1 Å². The number of aryl methyl sites for hydroxylation is 2. The molecule has 0 radical (unpaired) electrons. The Kier molecular flexibility index (Phi) is 6.43. The van der Waals surface area contributed by atoms with Crippen LogP contribution in [-0.2, 0) is 0 Å². The summed E-state index contributed by atoms with van der Waals surface area (Å²) in [7, 11) is 0. The van der Waals surface area contributed by atoms with Gasteiger partial charge in [-0.15, -0.1) is 0 Å². The Morgan fingerprint density at radius 3 is 2.62 bits per heavy atom. The third-order valence-electron chi connectivity index (χ3n) is 5.60. The monoisotopic (exact) mass is 427 g/mol. The van der Waals surface area contributed by atoms with E-state index in [-0.39, 0.29) is 5.91 Å². The Bertz CT molecular complexity index is 1160. The van der Waals surface area contributed by atoms with E-state index in [0.29, 0.717) is 23.4 Å². The lowest BCUT2D eigenvalue weighted by Gasteiger charge is -2.30. The van der Waals surface area contributed by atoms with Crippen LogP contribution in [0.1, 0.15) is 33.7 Å². The Labute approximate surface area is 187 Å². The zero-order valence-electron chi connectivity index (χ0n) is 18.3. The van der Waals surface area contributed by atoms with Gasteiger partial charge in [-0.25, -0.2) is 9.97 Å². The molecule has 1 saturated heterocycles. The summed E-state index contributed by atoms with van der Waals surface area (Å²) < 4.78 is 6.14. The zero-order valence-corrected chi connectivity index (χ0v) is 18.3. The summed E-state index contributed by atoms with van der Waals surface area (Å²) in [6.45, 7) is 7.60. The molecule has 2 heterocycles. The molecule has 32 heavy (non-hydrogen) atoms. The Balaban J connectivity index is 1.62. The van der Waals surface area contributed by atoms with Crippen LogP contribution in [0.5, 0.6) is 5.75 Å². The number of hydrogen-bond donors (Lipinski definition) is 1. The first kappa shape index (κ1) is 21.5. The summed E-state index contributed by atoms with van der Waals surface area (Å²) in [5.74, 6) is 0.452. The lowest BCUT2D eigenvalue weighted by molar-refractivity contribution is 0.102. The van der Waals surface area contributed by atoms with Crippen molar-refractivity contribution in [2.24, 2.45) is 0 Å². The van der Waals surface area contributed by atoms with E-state index in [2.05, 4.69) is 26.3 Å². The standard InChI is InChI=1S/C25H25N5O2/c1-17-24(18(2)28-16-27-17)22-14-21(7-8-23(22)32-12-11-30-9-4-10-30)29-25(31)20-6-3-5-19(13-20)15-26/h3,5-8,13-14,16H,4,9-12H2,1-2H3,(H,29,31). The highest BCUT2D eigenvalue weighted by molar-refractivity contribution is 6.04. The van der Waals surface area contributed by atoms with E-state index in [1.807, 2.05) is 32.0 Å². The molecule has 162 valence electrons. The van der Waals surface area contributed by atoms with Crippen molar-refractivity contribution in [3.8, 4) is 22.9 Å². The summed E-state index contributed by atoms with van der Waals surface area (Å²) in [5.41, 5.74) is 4.92. The van der Waals surface area contributed by atoms with Crippen molar-refractivity contribution < 1.29 is 9.53 Å². The first-order valence-corrected chi connectivity index (χ1v) is 10.6. The summed E-state index contributed by atoms with van der Waals surface area (Å²) in [4.78, 5) is 23.8. The number of hydrogen-bond acceptors (Lipinski definition) is 6. The minimum absolute atomic E-state index is 0.280. The van der Waals surface area contributed by atoms with E-state index in [1.165, 1.54) is 6.42 Å². The van der Waals surface area contributed by atoms with Crippen LogP contribution in [0.15, 0.2) is 48.8 Å². The summed E-state index contributed by atoms with van der Waals surface area (Å²) in [5, 5.41) is 12.0. The molecule has 0 spiro atoms. The van der Waals surface area contributed by atoms with Crippen LogP contribution < -0.4 is 10.1 Å². The average Bonchev–Trinajstić information content (AvgIpc) is 2.76. The first-order chi connectivity index (χ1) is 15.5. The molecule has 7 nitrogen and oxygen atoms in total. The highest BCUT2D eigenvalue weighted by Crippen LogP contribution is 2.35. The number of ether oxygens (including phenoxy) is 1. The second-order valence-corrected chi connectivity index (χ2v) is 7.82. The highest BCUT2D eigenvalue weighted by atomic mass is 16.5. The fourth-order valence-corrected chi connectivity index (χ4v) is 3.74. The number of nitriles is 1. The number of nitrogens with one attached hydrogen (secondary N) is 1. The maximum absolute atomic E-state index is 12.8. The molecule has 1 fully saturated rings. The predicted molar refractivity (Wildman–Crippen MR) is 123 cm³/mol. The van der Waals surface area contributed by atoms with Crippen LogP contribution >= 0.6 is 0 Å². The van der Waals surface area contributed by atoms with Gasteiger partial charge < -0.3 is 10.1 Å². The van der Waals surface area contributed by atoms with Gasteiger partial charge in [-0.2, -0.15) is 5.26 Å². The predicted octanol–water partition coefficient (Wildman–Crippen LogP) is 3.97. The summed E-state index contributed by atoms with van der Waals surface area (Å²) >= 11 is 0. The lowest BCUT2D eigenvalue weighted by Crippen LogP contribution is -2.39. The SMILES string of the molecule is Cc1ncnc(C)c1-c1cc(NC(=O)c2cccc(C#N)c2)ccc1OCCN1CCC1. The molecule has 1 amide bonds. The second kappa shape index (κ2) is 9.58. The van der Waals surface area contributed by atoms with E-state index in [0.717, 1.165) is 47.9 Å². The number of aromatic nitrogens is 2. The molecule has 1 aromatic heterocycles. The van der Waals surface area contributed by atoms with Gasteiger partial charge in [0, 0.05) is 40.3 Å². The number of carbonyl (C=O) groups is 1. The molecule has 0 saturated carbocycles. The zero-order chi connectivity index (χ0) is 22.5. The third kappa shape index (κ3) is 4.76. The number of amides is 1. The Hall–Kier alpha value is -3.76. The van der Waals surface area contributed by atoms with Gasteiger partial charge in [-0.3, -0.25) is 9.69 Å². The molecule has 1 aliphatic rings. The molecule has 0 unspecified atom stereocenters. The lowest BCUT2D eigenvalue weighted by atomic mass is 10.0. The van der Waals surface area contributed by atoms with Crippen LogP contribution in [0, 0.1) is 25.2 Å². The van der Waals surface area contributed by atoms with Gasteiger partial charge in [0.05, 0.1) is 11.6 Å². The van der Waals surface area contributed by atoms with Crippen LogP contribution in [-0.4, -0.2) is 47.0 Å². The molecule has 3 aromatic rings. The Morgan fingerprint density at radius 1 is 1.16 bits per heavy atom. The van der Waals surface area contributed by atoms with Crippen molar-refractivity contribution in [3.05, 3.63) is 71.3 Å². The molecule has 2 aromatic carbocycles. The van der Waals surface area contributed by atoms with Crippen LogP contribution in [0.4, 0.5) is 5.69 Å². The van der Waals surface area contributed by atoms with E-state index >= 15 is 0 Å². The number of anilines is 1.